The van der Waals surface area contributed by atoms with E-state index in [4.69, 9.17) is 10.5 Å². The van der Waals surface area contributed by atoms with E-state index >= 15 is 0 Å². The van der Waals surface area contributed by atoms with Crippen LogP contribution >= 0.6 is 0 Å². The van der Waals surface area contributed by atoms with Crippen molar-refractivity contribution in [2.45, 2.75) is 20.3 Å². The summed E-state index contributed by atoms with van der Waals surface area (Å²) >= 11 is 0. The van der Waals surface area contributed by atoms with Gasteiger partial charge in [-0.2, -0.15) is 0 Å². The molecule has 6 nitrogen and oxygen atoms in total. The molecule has 1 aliphatic rings. The fourth-order valence-electron chi connectivity index (χ4n) is 2.17. The number of hydrogen-bond acceptors (Lipinski definition) is 6. The second-order valence-corrected chi connectivity index (χ2v) is 5.39. The molecule has 0 aliphatic carbocycles. The van der Waals surface area contributed by atoms with Gasteiger partial charge in [-0.1, -0.05) is 13.5 Å². The van der Waals surface area contributed by atoms with Crippen LogP contribution in [0.15, 0.2) is 48.1 Å². The molecule has 1 fully saturated rings. The lowest BCUT2D eigenvalue weighted by Gasteiger charge is -2.28. The van der Waals surface area contributed by atoms with Gasteiger partial charge in [-0.3, -0.25) is 0 Å². The van der Waals surface area contributed by atoms with Gasteiger partial charge in [0.15, 0.2) is 0 Å². The molecule has 1 aliphatic heterocycles. The van der Waals surface area contributed by atoms with Gasteiger partial charge in [0.25, 0.3) is 0 Å². The van der Waals surface area contributed by atoms with Crippen molar-refractivity contribution in [3.05, 3.63) is 48.1 Å². The Balaban J connectivity index is 2.13. The molecule has 1 aromatic rings. The Morgan fingerprint density at radius 3 is 2.61 bits per heavy atom. The molecule has 3 N–H and O–H groups in total. The average Bonchev–Trinajstić information content (AvgIpc) is 2.61. The highest BCUT2D eigenvalue weighted by Gasteiger charge is 2.12. The van der Waals surface area contributed by atoms with Gasteiger partial charge in [-0.15, -0.1) is 0 Å². The van der Waals surface area contributed by atoms with Crippen molar-refractivity contribution in [3.8, 4) is 0 Å². The Morgan fingerprint density at radius 2 is 2.04 bits per heavy atom. The Morgan fingerprint density at radius 1 is 1.39 bits per heavy atom. The molecule has 0 aromatic carbocycles. The standard InChI is InChI=1S/C17H25N5O/c1-4-13(3)16(10-14(18)5-2)21-17-19-11-15(12-20-17)22-6-8-23-9-7-22/h5,10-12H,2,4,6-9,18H2,1,3H3,(H,19,20,21)/b14-10+,16-13+. The van der Waals surface area contributed by atoms with Crippen LogP contribution in [0.2, 0.25) is 0 Å². The van der Waals surface area contributed by atoms with Gasteiger partial charge in [-0.25, -0.2) is 9.97 Å². The van der Waals surface area contributed by atoms with E-state index in [0.717, 1.165) is 44.1 Å². The van der Waals surface area contributed by atoms with Crippen LogP contribution in [0.5, 0.6) is 0 Å². The zero-order valence-corrected chi connectivity index (χ0v) is 13.9. The maximum Gasteiger partial charge on any atom is 0.227 e. The third-order valence-corrected chi connectivity index (χ3v) is 3.80. The fourth-order valence-corrected chi connectivity index (χ4v) is 2.17. The predicted octanol–water partition coefficient (Wildman–Crippen LogP) is 2.44. The summed E-state index contributed by atoms with van der Waals surface area (Å²) in [5.41, 5.74) is 9.55. The van der Waals surface area contributed by atoms with E-state index in [1.165, 1.54) is 5.57 Å². The Labute approximate surface area is 137 Å². The molecule has 0 bridgehead atoms. The fraction of sp³-hybridized carbons (Fsp3) is 0.412. The maximum atomic E-state index is 5.85. The van der Waals surface area contributed by atoms with Crippen molar-refractivity contribution >= 4 is 11.6 Å². The van der Waals surface area contributed by atoms with Crippen molar-refractivity contribution < 1.29 is 4.74 Å². The number of hydrogen-bond donors (Lipinski definition) is 2. The zero-order valence-electron chi connectivity index (χ0n) is 13.9. The summed E-state index contributed by atoms with van der Waals surface area (Å²) in [6.45, 7) is 11.1. The molecule has 0 atom stereocenters. The summed E-state index contributed by atoms with van der Waals surface area (Å²) in [6.07, 6.45) is 8.05. The van der Waals surface area contributed by atoms with Gasteiger partial charge in [-0.05, 0) is 31.1 Å². The minimum absolute atomic E-state index is 0.554. The first-order valence-electron chi connectivity index (χ1n) is 7.85. The van der Waals surface area contributed by atoms with E-state index in [1.54, 1.807) is 6.08 Å². The molecule has 2 rings (SSSR count). The number of anilines is 2. The number of nitrogens with one attached hydrogen (secondary N) is 1. The summed E-state index contributed by atoms with van der Waals surface area (Å²) in [7, 11) is 0. The third kappa shape index (κ3) is 4.82. The average molecular weight is 315 g/mol. The minimum Gasteiger partial charge on any atom is -0.399 e. The van der Waals surface area contributed by atoms with E-state index in [-0.39, 0.29) is 0 Å². The van der Waals surface area contributed by atoms with E-state index < -0.39 is 0 Å². The van der Waals surface area contributed by atoms with Crippen LogP contribution in [-0.4, -0.2) is 36.3 Å². The zero-order chi connectivity index (χ0) is 16.7. The highest BCUT2D eigenvalue weighted by Crippen LogP contribution is 2.17. The molecule has 1 saturated heterocycles. The number of allylic oxidation sites excluding steroid dienone is 3. The van der Waals surface area contributed by atoms with Gasteiger partial charge < -0.3 is 20.7 Å². The van der Waals surface area contributed by atoms with Crippen LogP contribution in [-0.2, 0) is 4.74 Å². The highest BCUT2D eigenvalue weighted by molar-refractivity contribution is 5.48. The quantitative estimate of drug-likeness (QED) is 0.785. The topological polar surface area (TPSA) is 76.3 Å². The van der Waals surface area contributed by atoms with Gasteiger partial charge in [0.05, 0.1) is 31.3 Å². The second-order valence-electron chi connectivity index (χ2n) is 5.39. The minimum atomic E-state index is 0.554. The molecule has 124 valence electrons. The smallest absolute Gasteiger partial charge is 0.227 e. The van der Waals surface area contributed by atoms with Crippen molar-refractivity contribution in [2.24, 2.45) is 5.73 Å². The number of ether oxygens (including phenoxy) is 1. The third-order valence-electron chi connectivity index (χ3n) is 3.80. The molecular formula is C17H25N5O. The summed E-state index contributed by atoms with van der Waals surface area (Å²) in [4.78, 5) is 11.0. The van der Waals surface area contributed by atoms with Crippen molar-refractivity contribution in [1.29, 1.82) is 0 Å². The SMILES string of the molecule is C=C/C(N)=C\C(Nc1ncc(N2CCOCC2)cn1)=C(\C)CC. The molecular weight excluding hydrogens is 290 g/mol. The Hall–Kier alpha value is -2.34. The lowest BCUT2D eigenvalue weighted by molar-refractivity contribution is 0.122. The molecule has 2 heterocycles. The monoisotopic (exact) mass is 315 g/mol. The highest BCUT2D eigenvalue weighted by atomic mass is 16.5. The number of morpholine rings is 1. The first-order valence-corrected chi connectivity index (χ1v) is 7.85. The normalized spacial score (nSPS) is 16.8. The summed E-state index contributed by atoms with van der Waals surface area (Å²) in [5, 5.41) is 3.24. The molecule has 1 aromatic heterocycles. The van der Waals surface area contributed by atoms with E-state index in [2.05, 4.69) is 40.6 Å². The van der Waals surface area contributed by atoms with Crippen LogP contribution < -0.4 is 16.0 Å². The van der Waals surface area contributed by atoms with Crippen molar-refractivity contribution in [1.82, 2.24) is 9.97 Å². The molecule has 0 spiro atoms. The maximum absolute atomic E-state index is 5.85. The largest absolute Gasteiger partial charge is 0.399 e. The van der Waals surface area contributed by atoms with Crippen molar-refractivity contribution in [3.63, 3.8) is 0 Å². The van der Waals surface area contributed by atoms with Gasteiger partial charge >= 0.3 is 0 Å². The summed E-state index contributed by atoms with van der Waals surface area (Å²) < 4.78 is 5.36. The van der Waals surface area contributed by atoms with Gasteiger partial charge in [0.2, 0.25) is 5.95 Å². The number of nitrogens with zero attached hydrogens (tertiary/aromatic N) is 3. The molecule has 0 saturated carbocycles. The summed E-state index contributed by atoms with van der Waals surface area (Å²) in [5.74, 6) is 0.554. The first-order chi connectivity index (χ1) is 11.1. The molecule has 23 heavy (non-hydrogen) atoms. The van der Waals surface area contributed by atoms with Gasteiger partial charge in [0.1, 0.15) is 0 Å². The predicted molar refractivity (Wildman–Crippen MR) is 94.1 cm³/mol. The van der Waals surface area contributed by atoms with Crippen molar-refractivity contribution in [2.75, 3.05) is 36.5 Å². The lowest BCUT2D eigenvalue weighted by atomic mass is 10.1. The van der Waals surface area contributed by atoms with E-state index in [0.29, 0.717) is 11.6 Å². The van der Waals surface area contributed by atoms with Crippen LogP contribution in [0.3, 0.4) is 0 Å². The lowest BCUT2D eigenvalue weighted by Crippen LogP contribution is -2.36. The molecule has 6 heteroatoms. The Kier molecular flexibility index (Phi) is 6.17. The number of rotatable bonds is 6. The molecule has 0 unspecified atom stereocenters. The van der Waals surface area contributed by atoms with Crippen LogP contribution in [0, 0.1) is 0 Å². The number of aromatic nitrogens is 2. The number of nitrogens with two attached hydrogens (primary N) is 1. The van der Waals surface area contributed by atoms with Crippen LogP contribution in [0.4, 0.5) is 11.6 Å². The first kappa shape index (κ1) is 17.0. The van der Waals surface area contributed by atoms with E-state index in [9.17, 15) is 0 Å². The Bertz CT molecular complexity index is 586. The molecule has 0 amide bonds. The van der Waals surface area contributed by atoms with Crippen LogP contribution in [0.1, 0.15) is 20.3 Å². The summed E-state index contributed by atoms with van der Waals surface area (Å²) in [6, 6.07) is 0. The van der Waals surface area contributed by atoms with Gasteiger partial charge in [0, 0.05) is 24.5 Å². The van der Waals surface area contributed by atoms with Crippen LogP contribution in [0.25, 0.3) is 0 Å². The molecule has 0 radical (unpaired) electrons. The van der Waals surface area contributed by atoms with E-state index in [1.807, 2.05) is 18.5 Å². The second kappa shape index (κ2) is 8.33.